The van der Waals surface area contributed by atoms with Gasteiger partial charge in [0.15, 0.2) is 7.11 Å². The van der Waals surface area contributed by atoms with Crippen LogP contribution in [-0.4, -0.2) is 28.5 Å². The van der Waals surface area contributed by atoms with Gasteiger partial charge in [0.25, 0.3) is 0 Å². The van der Waals surface area contributed by atoms with Crippen LogP contribution in [0.1, 0.15) is 5.56 Å². The normalized spacial score (nSPS) is 9.08. The van der Waals surface area contributed by atoms with Gasteiger partial charge in [0.1, 0.15) is 0 Å². The molecule has 0 bridgehead atoms. The SMILES string of the molecule is COC(=[OH+])C(=[OH+])c1ccccc1. The number of methoxy groups -OCH3 is 1. The third-order valence-electron chi connectivity index (χ3n) is 1.44. The Morgan fingerprint density at radius 1 is 1.17 bits per heavy atom. The lowest BCUT2D eigenvalue weighted by atomic mass is 10.1. The minimum Gasteiger partial charge on any atom is -0.328 e. The fourth-order valence-electron chi connectivity index (χ4n) is 0.816. The van der Waals surface area contributed by atoms with E-state index < -0.39 is 5.97 Å². The van der Waals surface area contributed by atoms with E-state index in [1.165, 1.54) is 7.11 Å². The van der Waals surface area contributed by atoms with Gasteiger partial charge in [-0.05, 0) is 12.1 Å². The zero-order valence-corrected chi connectivity index (χ0v) is 6.69. The van der Waals surface area contributed by atoms with Gasteiger partial charge in [0.05, 0.1) is 5.56 Å². The van der Waals surface area contributed by atoms with E-state index in [4.69, 9.17) is 4.79 Å². The van der Waals surface area contributed by atoms with Gasteiger partial charge in [-0.1, -0.05) is 18.2 Å². The maximum absolute atomic E-state index is 9.29. The van der Waals surface area contributed by atoms with Crippen LogP contribution in [0.2, 0.25) is 0 Å². The van der Waals surface area contributed by atoms with Gasteiger partial charge in [-0.2, -0.15) is 0 Å². The molecule has 0 aliphatic rings. The molecule has 0 aliphatic heterocycles. The van der Waals surface area contributed by atoms with Crippen molar-refractivity contribution >= 4 is 11.8 Å². The predicted octanol–water partition coefficient (Wildman–Crippen LogP) is 0.728. The monoisotopic (exact) mass is 166 g/mol. The zero-order chi connectivity index (χ0) is 8.97. The van der Waals surface area contributed by atoms with Gasteiger partial charge in [-0.25, -0.2) is 0 Å². The smallest absolute Gasteiger partial charge is 0.328 e. The second-order valence-electron chi connectivity index (χ2n) is 2.22. The van der Waals surface area contributed by atoms with Crippen molar-refractivity contribution < 1.29 is 14.3 Å². The fraction of sp³-hybridized carbons (Fsp3) is 0.111. The van der Waals surface area contributed by atoms with Crippen molar-refractivity contribution in [1.29, 1.82) is 0 Å². The molecule has 0 heterocycles. The molecule has 0 unspecified atom stereocenters. The molecule has 1 aromatic rings. The summed E-state index contributed by atoms with van der Waals surface area (Å²) in [6.45, 7) is 0. The summed E-state index contributed by atoms with van der Waals surface area (Å²) in [5, 5.41) is 0. The number of hydrogen-bond donors (Lipinski definition) is 0. The molecule has 12 heavy (non-hydrogen) atoms. The fourth-order valence-corrected chi connectivity index (χ4v) is 0.816. The highest BCUT2D eigenvalue weighted by Crippen LogP contribution is 1.99. The summed E-state index contributed by atoms with van der Waals surface area (Å²) >= 11 is 0. The van der Waals surface area contributed by atoms with E-state index in [-0.39, 0.29) is 5.78 Å². The molecule has 0 amide bonds. The van der Waals surface area contributed by atoms with Crippen molar-refractivity contribution in [2.24, 2.45) is 0 Å². The minimum atomic E-state index is -0.471. The average Bonchev–Trinajstić information content (AvgIpc) is 2.17. The molecule has 0 spiro atoms. The quantitative estimate of drug-likeness (QED) is 0.276. The molecule has 0 atom stereocenters. The number of ether oxygens (including phenoxy) is 1. The van der Waals surface area contributed by atoms with E-state index in [0.29, 0.717) is 5.56 Å². The lowest BCUT2D eigenvalue weighted by molar-refractivity contribution is 0.360. The Balaban J connectivity index is 2.86. The average molecular weight is 166 g/mol. The van der Waals surface area contributed by atoms with Gasteiger partial charge < -0.3 is 9.53 Å². The van der Waals surface area contributed by atoms with Crippen LogP contribution in [0.5, 0.6) is 0 Å². The largest absolute Gasteiger partial charge is 0.618 e. The molecule has 3 nitrogen and oxygen atoms in total. The van der Waals surface area contributed by atoms with E-state index in [2.05, 4.69) is 4.74 Å². The summed E-state index contributed by atoms with van der Waals surface area (Å²) in [5.74, 6) is -0.723. The highest BCUT2D eigenvalue weighted by atomic mass is 16.5. The number of carbonyl (C=O) groups excluding carboxylic acids is 2. The molecule has 3 heteroatoms. The van der Waals surface area contributed by atoms with E-state index in [1.807, 2.05) is 6.07 Å². The Kier molecular flexibility index (Phi) is 2.58. The lowest BCUT2D eigenvalue weighted by Crippen LogP contribution is -2.17. The summed E-state index contributed by atoms with van der Waals surface area (Å²) in [6.07, 6.45) is 0. The third kappa shape index (κ3) is 1.69. The minimum absolute atomic E-state index is 0.252. The first-order valence-electron chi connectivity index (χ1n) is 3.47. The van der Waals surface area contributed by atoms with Crippen LogP contribution in [0.25, 0.3) is 0 Å². The van der Waals surface area contributed by atoms with Crippen LogP contribution in [0.3, 0.4) is 0 Å². The highest BCUT2D eigenvalue weighted by molar-refractivity contribution is 6.41. The second-order valence-corrected chi connectivity index (χ2v) is 2.22. The topological polar surface area (TPSA) is 52.0 Å². The number of hydrogen-bond acceptors (Lipinski definition) is 1. The molecule has 1 aromatic carbocycles. The molecular weight excluding hydrogens is 156 g/mol. The molecule has 0 aromatic heterocycles. The number of esters is 1. The standard InChI is InChI=1S/C9H8O3/c1-12-9(11)8(10)7-5-3-2-4-6-7/h2-6H,1H3/p+2. The predicted molar refractivity (Wildman–Crippen MR) is 46.4 cm³/mol. The first-order valence-corrected chi connectivity index (χ1v) is 3.47. The van der Waals surface area contributed by atoms with Crippen LogP contribution in [0.4, 0.5) is 0 Å². The molecule has 0 aliphatic carbocycles. The van der Waals surface area contributed by atoms with Crippen molar-refractivity contribution in [2.75, 3.05) is 7.11 Å². The first kappa shape index (κ1) is 8.46. The van der Waals surface area contributed by atoms with Gasteiger partial charge in [0.2, 0.25) is 0 Å². The molecular formula is C9H10O3+2. The van der Waals surface area contributed by atoms with Gasteiger partial charge >= 0.3 is 11.8 Å². The summed E-state index contributed by atoms with van der Waals surface area (Å²) < 4.78 is 4.45. The van der Waals surface area contributed by atoms with Crippen LogP contribution >= 0.6 is 0 Å². The highest BCUT2D eigenvalue weighted by Gasteiger charge is 2.31. The Hall–Kier alpha value is -1.64. The van der Waals surface area contributed by atoms with Crippen LogP contribution in [0, 0.1) is 0 Å². The molecule has 0 fully saturated rings. The maximum Gasteiger partial charge on any atom is 0.618 e. The van der Waals surface area contributed by atoms with Crippen molar-refractivity contribution in [3.05, 3.63) is 35.9 Å². The molecule has 0 radical (unpaired) electrons. The van der Waals surface area contributed by atoms with E-state index >= 15 is 0 Å². The maximum atomic E-state index is 9.29. The van der Waals surface area contributed by atoms with Crippen molar-refractivity contribution in [1.82, 2.24) is 0 Å². The Morgan fingerprint density at radius 2 is 1.75 bits per heavy atom. The number of benzene rings is 1. The number of ketones is 1. The summed E-state index contributed by atoms with van der Waals surface area (Å²) in [7, 11) is 1.29. The van der Waals surface area contributed by atoms with Crippen LogP contribution in [-0.2, 0) is 4.74 Å². The third-order valence-corrected chi connectivity index (χ3v) is 1.44. The molecule has 62 valence electrons. The van der Waals surface area contributed by atoms with Crippen LogP contribution in [0.15, 0.2) is 30.3 Å². The Bertz CT molecular complexity index is 290. The molecule has 2 N–H and O–H groups in total. The van der Waals surface area contributed by atoms with Gasteiger partial charge in [-0.3, -0.25) is 4.79 Å². The van der Waals surface area contributed by atoms with Crippen molar-refractivity contribution in [3.63, 3.8) is 0 Å². The Labute approximate surface area is 70.0 Å². The lowest BCUT2D eigenvalue weighted by Gasteiger charge is -1.86. The second kappa shape index (κ2) is 3.67. The summed E-state index contributed by atoms with van der Waals surface area (Å²) in [4.78, 5) is 18.3. The van der Waals surface area contributed by atoms with E-state index in [9.17, 15) is 4.79 Å². The van der Waals surface area contributed by atoms with Crippen molar-refractivity contribution in [3.8, 4) is 0 Å². The summed E-state index contributed by atoms with van der Waals surface area (Å²) in [6, 6.07) is 8.68. The number of rotatable bonds is 2. The Morgan fingerprint density at radius 3 is 2.25 bits per heavy atom. The van der Waals surface area contributed by atoms with Crippen molar-refractivity contribution in [2.45, 2.75) is 0 Å². The first-order chi connectivity index (χ1) is 5.75. The van der Waals surface area contributed by atoms with Crippen LogP contribution < -0.4 is 0 Å². The molecule has 0 saturated heterocycles. The van der Waals surface area contributed by atoms with Gasteiger partial charge in [0, 0.05) is 0 Å². The van der Waals surface area contributed by atoms with Gasteiger partial charge in [-0.15, -0.1) is 0 Å². The van der Waals surface area contributed by atoms with E-state index in [1.54, 1.807) is 24.3 Å². The molecule has 1 rings (SSSR count). The van der Waals surface area contributed by atoms with E-state index in [0.717, 1.165) is 0 Å². The zero-order valence-electron chi connectivity index (χ0n) is 6.69. The summed E-state index contributed by atoms with van der Waals surface area (Å²) in [5.41, 5.74) is 0.525. The molecule has 0 saturated carbocycles.